The molecule has 4 nitrogen and oxygen atoms in total. The highest BCUT2D eigenvalue weighted by atomic mass is 32.1. The van der Waals surface area contributed by atoms with E-state index in [9.17, 15) is 4.79 Å². The Morgan fingerprint density at radius 2 is 2.00 bits per heavy atom. The maximum absolute atomic E-state index is 11.9. The Kier molecular flexibility index (Phi) is 4.32. The third kappa shape index (κ3) is 3.60. The van der Waals surface area contributed by atoms with Crippen LogP contribution < -0.4 is 11.1 Å². The highest BCUT2D eigenvalue weighted by Crippen LogP contribution is 2.28. The molecule has 0 radical (unpaired) electrons. The zero-order chi connectivity index (χ0) is 15.4. The molecule has 22 heavy (non-hydrogen) atoms. The van der Waals surface area contributed by atoms with Gasteiger partial charge in [-0.2, -0.15) is 0 Å². The predicted octanol–water partition coefficient (Wildman–Crippen LogP) is 4.11. The molecule has 0 aliphatic carbocycles. The van der Waals surface area contributed by atoms with Gasteiger partial charge in [0.05, 0.1) is 10.6 Å². The van der Waals surface area contributed by atoms with Crippen molar-refractivity contribution >= 4 is 45.5 Å². The largest absolute Gasteiger partial charge is 0.399 e. The summed E-state index contributed by atoms with van der Waals surface area (Å²) >= 11 is 3.04. The van der Waals surface area contributed by atoms with Gasteiger partial charge in [-0.3, -0.25) is 10.1 Å². The molecule has 1 aromatic carbocycles. The van der Waals surface area contributed by atoms with Crippen LogP contribution in [0.3, 0.4) is 0 Å². The van der Waals surface area contributed by atoms with Crippen LogP contribution in [0.25, 0.3) is 16.6 Å². The molecule has 3 N–H and O–H groups in total. The van der Waals surface area contributed by atoms with E-state index in [1.54, 1.807) is 29.5 Å². The maximum atomic E-state index is 11.9. The molecule has 0 spiro atoms. The number of thiophene rings is 1. The van der Waals surface area contributed by atoms with Crippen LogP contribution in [0.4, 0.5) is 10.8 Å². The first kappa shape index (κ1) is 14.5. The molecule has 0 fully saturated rings. The molecular formula is C16H13N3OS2. The maximum Gasteiger partial charge on any atom is 0.250 e. The minimum Gasteiger partial charge on any atom is -0.399 e. The second-order valence-electron chi connectivity index (χ2n) is 4.50. The second kappa shape index (κ2) is 6.55. The summed E-state index contributed by atoms with van der Waals surface area (Å²) in [7, 11) is 0. The fourth-order valence-electron chi connectivity index (χ4n) is 1.79. The Labute approximate surface area is 136 Å². The first-order valence-electron chi connectivity index (χ1n) is 6.55. The van der Waals surface area contributed by atoms with E-state index < -0.39 is 0 Å². The van der Waals surface area contributed by atoms with E-state index in [-0.39, 0.29) is 5.91 Å². The molecule has 1 amide bonds. The molecule has 2 heterocycles. The molecule has 2 aromatic heterocycles. The van der Waals surface area contributed by atoms with Gasteiger partial charge in [-0.15, -0.1) is 22.7 Å². The van der Waals surface area contributed by atoms with E-state index in [2.05, 4.69) is 10.3 Å². The van der Waals surface area contributed by atoms with E-state index in [0.29, 0.717) is 10.8 Å². The van der Waals surface area contributed by atoms with Gasteiger partial charge in [0.2, 0.25) is 5.91 Å². The molecule has 0 bridgehead atoms. The normalized spacial score (nSPS) is 10.9. The van der Waals surface area contributed by atoms with Crippen LogP contribution in [0.1, 0.15) is 5.56 Å². The molecule has 6 heteroatoms. The Balaban J connectivity index is 1.63. The van der Waals surface area contributed by atoms with E-state index in [4.69, 9.17) is 5.73 Å². The summed E-state index contributed by atoms with van der Waals surface area (Å²) in [5, 5.41) is 7.30. The van der Waals surface area contributed by atoms with Crippen molar-refractivity contribution in [2.75, 3.05) is 11.1 Å². The van der Waals surface area contributed by atoms with Crippen molar-refractivity contribution in [3.63, 3.8) is 0 Å². The van der Waals surface area contributed by atoms with E-state index in [0.717, 1.165) is 16.1 Å². The number of carbonyl (C=O) groups is 1. The van der Waals surface area contributed by atoms with Crippen molar-refractivity contribution in [3.8, 4) is 10.6 Å². The number of benzene rings is 1. The summed E-state index contributed by atoms with van der Waals surface area (Å²) in [5.41, 5.74) is 8.12. The first-order chi connectivity index (χ1) is 10.7. The number of nitrogens with zero attached hydrogens (tertiary/aromatic N) is 1. The zero-order valence-electron chi connectivity index (χ0n) is 11.5. The van der Waals surface area contributed by atoms with Gasteiger partial charge >= 0.3 is 0 Å². The molecule has 110 valence electrons. The third-order valence-electron chi connectivity index (χ3n) is 2.87. The van der Waals surface area contributed by atoms with Crippen LogP contribution >= 0.6 is 22.7 Å². The fraction of sp³-hybridized carbons (Fsp3) is 0. The van der Waals surface area contributed by atoms with Crippen molar-refractivity contribution in [2.45, 2.75) is 0 Å². The number of nitrogens with two attached hydrogens (primary N) is 1. The van der Waals surface area contributed by atoms with Gasteiger partial charge < -0.3 is 5.73 Å². The average Bonchev–Trinajstić information content (AvgIpc) is 3.17. The molecular weight excluding hydrogens is 314 g/mol. The van der Waals surface area contributed by atoms with Gasteiger partial charge in [0.15, 0.2) is 5.13 Å². The number of anilines is 2. The van der Waals surface area contributed by atoms with Gasteiger partial charge in [0.1, 0.15) is 0 Å². The van der Waals surface area contributed by atoms with Crippen molar-refractivity contribution in [1.29, 1.82) is 0 Å². The highest BCUT2D eigenvalue weighted by molar-refractivity contribution is 7.16. The van der Waals surface area contributed by atoms with Gasteiger partial charge in [0, 0.05) is 17.1 Å². The fourth-order valence-corrected chi connectivity index (χ4v) is 3.27. The number of thiazole rings is 1. The molecule has 3 aromatic rings. The molecule has 0 saturated heterocycles. The molecule has 0 unspecified atom stereocenters. The molecule has 0 saturated carbocycles. The number of rotatable bonds is 4. The van der Waals surface area contributed by atoms with E-state index in [1.165, 1.54) is 17.4 Å². The quantitative estimate of drug-likeness (QED) is 0.560. The van der Waals surface area contributed by atoms with Crippen LogP contribution in [-0.2, 0) is 4.79 Å². The van der Waals surface area contributed by atoms with Crippen molar-refractivity contribution in [3.05, 3.63) is 58.8 Å². The monoisotopic (exact) mass is 327 g/mol. The number of carbonyl (C=O) groups excluding carboxylic acids is 1. The molecule has 3 rings (SSSR count). The topological polar surface area (TPSA) is 68.0 Å². The Morgan fingerprint density at radius 1 is 1.18 bits per heavy atom. The van der Waals surface area contributed by atoms with Gasteiger partial charge in [-0.25, -0.2) is 4.98 Å². The zero-order valence-corrected chi connectivity index (χ0v) is 13.2. The van der Waals surface area contributed by atoms with Gasteiger partial charge in [-0.1, -0.05) is 18.2 Å². The lowest BCUT2D eigenvalue weighted by atomic mass is 10.2. The Bertz CT molecular complexity index is 789. The van der Waals surface area contributed by atoms with Gasteiger partial charge in [0.25, 0.3) is 0 Å². The highest BCUT2D eigenvalue weighted by Gasteiger charge is 2.06. The minimum atomic E-state index is -0.205. The van der Waals surface area contributed by atoms with Crippen molar-refractivity contribution in [1.82, 2.24) is 4.98 Å². The summed E-state index contributed by atoms with van der Waals surface area (Å²) in [4.78, 5) is 17.4. The number of aromatic nitrogens is 1. The summed E-state index contributed by atoms with van der Waals surface area (Å²) in [6.45, 7) is 0. The van der Waals surface area contributed by atoms with Crippen LogP contribution in [0, 0.1) is 0 Å². The number of nitrogen functional groups attached to an aromatic ring is 1. The van der Waals surface area contributed by atoms with Crippen LogP contribution in [-0.4, -0.2) is 10.9 Å². The van der Waals surface area contributed by atoms with E-state index >= 15 is 0 Å². The SMILES string of the molecule is Nc1ccc(/C=C/C(=O)Nc2nc(-c3cccs3)cs2)cc1. The summed E-state index contributed by atoms with van der Waals surface area (Å²) in [6.07, 6.45) is 3.22. The molecule has 0 atom stereocenters. The predicted molar refractivity (Wildman–Crippen MR) is 93.9 cm³/mol. The summed E-state index contributed by atoms with van der Waals surface area (Å²) in [6, 6.07) is 11.3. The number of hydrogen-bond donors (Lipinski definition) is 2. The van der Waals surface area contributed by atoms with Crippen LogP contribution in [0.5, 0.6) is 0 Å². The van der Waals surface area contributed by atoms with Crippen LogP contribution in [0.2, 0.25) is 0 Å². The van der Waals surface area contributed by atoms with Crippen LogP contribution in [0.15, 0.2) is 53.2 Å². The van der Waals surface area contributed by atoms with Crippen molar-refractivity contribution < 1.29 is 4.79 Å². The Hall–Kier alpha value is -2.44. The standard InChI is InChI=1S/C16H13N3OS2/c17-12-6-3-11(4-7-12)5-8-15(20)19-16-18-13(10-22-16)14-2-1-9-21-14/h1-10H,17H2,(H,18,19,20)/b8-5+. The minimum absolute atomic E-state index is 0.205. The smallest absolute Gasteiger partial charge is 0.250 e. The van der Waals surface area contributed by atoms with E-state index in [1.807, 2.05) is 35.0 Å². The third-order valence-corrected chi connectivity index (χ3v) is 4.52. The molecule has 0 aliphatic heterocycles. The lowest BCUT2D eigenvalue weighted by Crippen LogP contribution is -2.07. The molecule has 0 aliphatic rings. The second-order valence-corrected chi connectivity index (χ2v) is 6.31. The first-order valence-corrected chi connectivity index (χ1v) is 8.31. The lowest BCUT2D eigenvalue weighted by Gasteiger charge is -1.97. The van der Waals surface area contributed by atoms with Crippen molar-refractivity contribution in [2.24, 2.45) is 0 Å². The lowest BCUT2D eigenvalue weighted by molar-refractivity contribution is -0.111. The summed E-state index contributed by atoms with van der Waals surface area (Å²) < 4.78 is 0. The Morgan fingerprint density at radius 3 is 2.73 bits per heavy atom. The number of amides is 1. The van der Waals surface area contributed by atoms with Gasteiger partial charge in [-0.05, 0) is 35.2 Å². The number of nitrogens with one attached hydrogen (secondary N) is 1. The summed E-state index contributed by atoms with van der Waals surface area (Å²) in [5.74, 6) is -0.205. The average molecular weight is 327 g/mol. The number of hydrogen-bond acceptors (Lipinski definition) is 5.